The van der Waals surface area contributed by atoms with E-state index in [0.717, 1.165) is 13.0 Å². The highest BCUT2D eigenvalue weighted by Crippen LogP contribution is 2.33. The minimum Gasteiger partial charge on any atom is -0.385 e. The van der Waals surface area contributed by atoms with Crippen LogP contribution in [0.25, 0.3) is 0 Å². The normalized spacial score (nSPS) is 18.5. The van der Waals surface area contributed by atoms with Crippen LogP contribution >= 0.6 is 0 Å². The summed E-state index contributed by atoms with van der Waals surface area (Å²) in [4.78, 5) is 0. The second kappa shape index (κ2) is 4.24. The molecule has 3 rings (SSSR count). The van der Waals surface area contributed by atoms with Gasteiger partial charge in [0.25, 0.3) is 0 Å². The summed E-state index contributed by atoms with van der Waals surface area (Å²) >= 11 is 0. The monoisotopic (exact) mass is 227 g/mol. The Kier molecular flexibility index (Phi) is 2.59. The highest BCUT2D eigenvalue weighted by molar-refractivity contribution is 5.54. The zero-order valence-electron chi connectivity index (χ0n) is 10.1. The van der Waals surface area contributed by atoms with Crippen molar-refractivity contribution in [2.45, 2.75) is 18.8 Å². The van der Waals surface area contributed by atoms with Gasteiger partial charge in [-0.3, -0.25) is 4.68 Å². The van der Waals surface area contributed by atoms with Gasteiger partial charge in [-0.05, 0) is 36.5 Å². The molecule has 17 heavy (non-hydrogen) atoms. The van der Waals surface area contributed by atoms with Crippen molar-refractivity contribution in [1.82, 2.24) is 9.78 Å². The Labute approximate surface area is 101 Å². The van der Waals surface area contributed by atoms with Crippen LogP contribution in [-0.4, -0.2) is 16.3 Å². The van der Waals surface area contributed by atoms with E-state index >= 15 is 0 Å². The van der Waals surface area contributed by atoms with E-state index in [-0.39, 0.29) is 0 Å². The third-order valence-electron chi connectivity index (χ3n) is 3.59. The molecule has 88 valence electrons. The molecule has 3 heteroatoms. The summed E-state index contributed by atoms with van der Waals surface area (Å²) < 4.78 is 1.98. The molecular formula is C14H17N3. The molecule has 0 saturated heterocycles. The molecule has 0 amide bonds. The van der Waals surface area contributed by atoms with Crippen molar-refractivity contribution in [2.24, 2.45) is 7.05 Å². The van der Waals surface area contributed by atoms with E-state index in [2.05, 4.69) is 40.7 Å². The summed E-state index contributed by atoms with van der Waals surface area (Å²) in [7, 11) is 2.02. The maximum atomic E-state index is 4.24. The third kappa shape index (κ3) is 1.93. The van der Waals surface area contributed by atoms with Crippen LogP contribution in [0.15, 0.2) is 36.5 Å². The van der Waals surface area contributed by atoms with Crippen molar-refractivity contribution in [2.75, 3.05) is 11.9 Å². The van der Waals surface area contributed by atoms with Gasteiger partial charge in [-0.1, -0.05) is 18.2 Å². The van der Waals surface area contributed by atoms with Crippen LogP contribution < -0.4 is 5.32 Å². The zero-order chi connectivity index (χ0) is 11.7. The van der Waals surface area contributed by atoms with Gasteiger partial charge in [0.05, 0.1) is 0 Å². The van der Waals surface area contributed by atoms with Crippen molar-refractivity contribution in [3.63, 3.8) is 0 Å². The topological polar surface area (TPSA) is 29.9 Å². The lowest BCUT2D eigenvalue weighted by Crippen LogP contribution is -2.19. The van der Waals surface area contributed by atoms with Gasteiger partial charge in [0.15, 0.2) is 0 Å². The smallest absolute Gasteiger partial charge is 0.0492 e. The van der Waals surface area contributed by atoms with Crippen LogP contribution in [-0.2, 0) is 13.5 Å². The summed E-state index contributed by atoms with van der Waals surface area (Å²) in [6.07, 6.45) is 4.15. The Morgan fingerprint density at radius 1 is 1.35 bits per heavy atom. The summed E-state index contributed by atoms with van der Waals surface area (Å²) in [6.45, 7) is 1.07. The molecule has 1 atom stereocenters. The maximum absolute atomic E-state index is 4.24. The van der Waals surface area contributed by atoms with Crippen LogP contribution in [0.2, 0.25) is 0 Å². The summed E-state index contributed by atoms with van der Waals surface area (Å²) in [5, 5.41) is 7.70. The molecule has 0 radical (unpaired) electrons. The minimum atomic E-state index is 0.614. The van der Waals surface area contributed by atoms with Gasteiger partial charge in [-0.2, -0.15) is 5.10 Å². The highest BCUT2D eigenvalue weighted by Gasteiger charge is 2.20. The van der Waals surface area contributed by atoms with Crippen LogP contribution in [0.4, 0.5) is 5.69 Å². The Bertz CT molecular complexity index is 516. The maximum Gasteiger partial charge on any atom is 0.0492 e. The first kappa shape index (κ1) is 10.4. The Morgan fingerprint density at radius 3 is 3.06 bits per heavy atom. The molecular weight excluding hydrogens is 210 g/mol. The fourth-order valence-corrected chi connectivity index (χ4v) is 2.62. The number of aryl methyl sites for hydroxylation is 1. The molecule has 1 aliphatic heterocycles. The number of para-hydroxylation sites is 1. The summed E-state index contributed by atoms with van der Waals surface area (Å²) in [5.41, 5.74) is 4.05. The molecule has 1 aliphatic rings. The first-order valence-electron chi connectivity index (χ1n) is 6.14. The van der Waals surface area contributed by atoms with Crippen molar-refractivity contribution >= 4 is 5.69 Å². The van der Waals surface area contributed by atoms with Crippen LogP contribution in [0.5, 0.6) is 0 Å². The average molecular weight is 227 g/mol. The fraction of sp³-hybridized carbons (Fsp3) is 0.357. The van der Waals surface area contributed by atoms with Gasteiger partial charge in [0.1, 0.15) is 0 Å². The number of hydrogen-bond acceptors (Lipinski definition) is 2. The predicted octanol–water partition coefficient (Wildman–Crippen LogP) is 2.56. The van der Waals surface area contributed by atoms with E-state index in [1.165, 1.54) is 23.4 Å². The molecule has 0 bridgehead atoms. The van der Waals surface area contributed by atoms with Gasteiger partial charge >= 0.3 is 0 Å². The molecule has 1 N–H and O–H groups in total. The number of fused-ring (bicyclic) bond motifs is 1. The molecule has 0 saturated carbocycles. The first-order valence-corrected chi connectivity index (χ1v) is 6.14. The Hall–Kier alpha value is -1.77. The van der Waals surface area contributed by atoms with Gasteiger partial charge in [-0.25, -0.2) is 0 Å². The molecule has 1 aromatic carbocycles. The Morgan fingerprint density at radius 2 is 2.24 bits per heavy atom. The van der Waals surface area contributed by atoms with Crippen molar-refractivity contribution in [3.05, 3.63) is 47.8 Å². The molecule has 2 heterocycles. The number of rotatable bonds is 2. The van der Waals surface area contributed by atoms with Crippen molar-refractivity contribution in [3.8, 4) is 0 Å². The largest absolute Gasteiger partial charge is 0.385 e. The number of aromatic nitrogens is 2. The van der Waals surface area contributed by atoms with E-state index in [4.69, 9.17) is 0 Å². The van der Waals surface area contributed by atoms with E-state index in [0.29, 0.717) is 5.92 Å². The molecule has 3 nitrogen and oxygen atoms in total. The van der Waals surface area contributed by atoms with Crippen molar-refractivity contribution in [1.29, 1.82) is 0 Å². The Balaban J connectivity index is 1.88. The molecule has 1 aromatic heterocycles. The quantitative estimate of drug-likeness (QED) is 0.854. The van der Waals surface area contributed by atoms with E-state index in [1.54, 1.807) is 0 Å². The number of hydrogen-bond donors (Lipinski definition) is 1. The average Bonchev–Trinajstić information content (AvgIpc) is 2.76. The molecule has 2 aromatic rings. The van der Waals surface area contributed by atoms with Crippen LogP contribution in [0.1, 0.15) is 23.6 Å². The standard InChI is InChI=1S/C14H17N3/c1-17-12(7-9-16-17)10-11-6-8-15-14-5-3-2-4-13(11)14/h2-5,7,9,11,15H,6,8,10H2,1H3. The predicted molar refractivity (Wildman–Crippen MR) is 69.2 cm³/mol. The fourth-order valence-electron chi connectivity index (χ4n) is 2.62. The van der Waals surface area contributed by atoms with Crippen LogP contribution in [0.3, 0.4) is 0 Å². The lowest BCUT2D eigenvalue weighted by Gasteiger charge is -2.26. The first-order chi connectivity index (χ1) is 8.34. The van der Waals surface area contributed by atoms with E-state index < -0.39 is 0 Å². The lowest BCUT2D eigenvalue weighted by atomic mass is 9.87. The van der Waals surface area contributed by atoms with Gasteiger partial charge in [0, 0.05) is 31.2 Å². The van der Waals surface area contributed by atoms with Crippen LogP contribution in [0, 0.1) is 0 Å². The summed E-state index contributed by atoms with van der Waals surface area (Å²) in [6, 6.07) is 10.7. The van der Waals surface area contributed by atoms with Crippen molar-refractivity contribution < 1.29 is 0 Å². The molecule has 0 spiro atoms. The molecule has 0 aliphatic carbocycles. The SMILES string of the molecule is Cn1nccc1CC1CCNc2ccccc21. The second-order valence-electron chi connectivity index (χ2n) is 4.65. The number of nitrogens with zero attached hydrogens (tertiary/aromatic N) is 2. The third-order valence-corrected chi connectivity index (χ3v) is 3.59. The van der Waals surface area contributed by atoms with E-state index in [1.807, 2.05) is 17.9 Å². The van der Waals surface area contributed by atoms with E-state index in [9.17, 15) is 0 Å². The van der Waals surface area contributed by atoms with Gasteiger partial charge < -0.3 is 5.32 Å². The second-order valence-corrected chi connectivity index (χ2v) is 4.65. The van der Waals surface area contributed by atoms with Gasteiger partial charge in [-0.15, -0.1) is 0 Å². The highest BCUT2D eigenvalue weighted by atomic mass is 15.2. The van der Waals surface area contributed by atoms with Gasteiger partial charge in [0.2, 0.25) is 0 Å². The lowest BCUT2D eigenvalue weighted by molar-refractivity contribution is 0.588. The number of nitrogens with one attached hydrogen (secondary N) is 1. The summed E-state index contributed by atoms with van der Waals surface area (Å²) in [5.74, 6) is 0.614. The minimum absolute atomic E-state index is 0.614. The number of anilines is 1. The molecule has 0 fully saturated rings. The molecule has 1 unspecified atom stereocenters. The zero-order valence-corrected chi connectivity index (χ0v) is 10.1. The number of benzene rings is 1.